The largest absolute Gasteiger partial charge is 0.383 e. The molecule has 0 saturated carbocycles. The highest BCUT2D eigenvalue weighted by Crippen LogP contribution is 2.22. The average Bonchev–Trinajstić information content (AvgIpc) is 2.71. The second-order valence-electron chi connectivity index (χ2n) is 6.35. The van der Waals surface area contributed by atoms with Crippen molar-refractivity contribution in [3.63, 3.8) is 0 Å². The van der Waals surface area contributed by atoms with E-state index in [1.54, 1.807) is 25.2 Å². The number of nitrogens with one attached hydrogen (secondary N) is 3. The first kappa shape index (κ1) is 23.2. The first-order valence-electron chi connectivity index (χ1n) is 9.16. The second kappa shape index (κ2) is 11.2. The molecule has 0 amide bonds. The number of nitrogens with zero attached hydrogens (tertiary/aromatic N) is 1. The molecule has 0 aliphatic rings. The number of halogens is 1. The lowest BCUT2D eigenvalue weighted by Crippen LogP contribution is -2.38. The maximum atomic E-state index is 12.4. The molecule has 0 aliphatic heterocycles. The van der Waals surface area contributed by atoms with Crippen LogP contribution in [-0.2, 0) is 21.3 Å². The second-order valence-corrected chi connectivity index (χ2v) is 8.53. The molecule has 0 spiro atoms. The van der Waals surface area contributed by atoms with Crippen molar-refractivity contribution in [2.45, 2.75) is 24.4 Å². The summed E-state index contributed by atoms with van der Waals surface area (Å²) < 4.78 is 32.1. The fourth-order valence-electron chi connectivity index (χ4n) is 2.67. The molecule has 2 aromatic rings. The van der Waals surface area contributed by atoms with Gasteiger partial charge in [-0.3, -0.25) is 4.99 Å². The van der Waals surface area contributed by atoms with Crippen molar-refractivity contribution in [2.75, 3.05) is 27.3 Å². The summed E-state index contributed by atoms with van der Waals surface area (Å²) in [5.41, 5.74) is 1.78. The monoisotopic (exact) mass is 438 g/mol. The zero-order valence-electron chi connectivity index (χ0n) is 16.8. The van der Waals surface area contributed by atoms with Gasteiger partial charge in [0.1, 0.15) is 0 Å². The Balaban J connectivity index is 2.00. The Morgan fingerprint density at radius 2 is 1.97 bits per heavy atom. The molecule has 1 atom stereocenters. The summed E-state index contributed by atoms with van der Waals surface area (Å²) >= 11 is 6.25. The molecular formula is C20H27ClN4O3S. The molecule has 2 rings (SSSR count). The minimum atomic E-state index is -3.58. The third-order valence-corrected chi connectivity index (χ3v) is 6.02. The van der Waals surface area contributed by atoms with E-state index >= 15 is 0 Å². The predicted molar refractivity (Wildman–Crippen MR) is 117 cm³/mol. The number of guanidine groups is 1. The summed E-state index contributed by atoms with van der Waals surface area (Å²) in [6.07, 6.45) is 0. The summed E-state index contributed by atoms with van der Waals surface area (Å²) in [4.78, 5) is 4.43. The van der Waals surface area contributed by atoms with Crippen LogP contribution in [0.1, 0.15) is 24.1 Å². The molecule has 0 saturated heterocycles. The lowest BCUT2D eigenvalue weighted by atomic mass is 10.1. The van der Waals surface area contributed by atoms with Gasteiger partial charge in [-0.2, -0.15) is 0 Å². The Kier molecular flexibility index (Phi) is 8.91. The first-order chi connectivity index (χ1) is 13.9. The molecule has 3 N–H and O–H groups in total. The molecule has 158 valence electrons. The number of sulfonamides is 1. The van der Waals surface area contributed by atoms with Crippen LogP contribution in [0.3, 0.4) is 0 Å². The minimum Gasteiger partial charge on any atom is -0.383 e. The number of rotatable bonds is 9. The topological polar surface area (TPSA) is 91.8 Å². The van der Waals surface area contributed by atoms with E-state index < -0.39 is 10.0 Å². The highest BCUT2D eigenvalue weighted by atomic mass is 35.5. The van der Waals surface area contributed by atoms with Gasteiger partial charge < -0.3 is 15.4 Å². The summed E-state index contributed by atoms with van der Waals surface area (Å²) in [5.74, 6) is 0.587. The van der Waals surface area contributed by atoms with Crippen LogP contribution in [0.15, 0.2) is 58.4 Å². The van der Waals surface area contributed by atoms with Crippen molar-refractivity contribution >= 4 is 27.6 Å². The van der Waals surface area contributed by atoms with Gasteiger partial charge in [0.05, 0.1) is 17.5 Å². The number of methoxy groups -OCH3 is 1. The van der Waals surface area contributed by atoms with E-state index in [0.29, 0.717) is 24.1 Å². The van der Waals surface area contributed by atoms with Crippen LogP contribution in [0.4, 0.5) is 0 Å². The van der Waals surface area contributed by atoms with Crippen molar-refractivity contribution < 1.29 is 13.2 Å². The van der Waals surface area contributed by atoms with Gasteiger partial charge in [-0.1, -0.05) is 41.9 Å². The number of aliphatic imine (C=N–C) groups is 1. The van der Waals surface area contributed by atoms with Gasteiger partial charge in [0.25, 0.3) is 0 Å². The van der Waals surface area contributed by atoms with Gasteiger partial charge in [0.2, 0.25) is 10.0 Å². The van der Waals surface area contributed by atoms with Gasteiger partial charge in [0.15, 0.2) is 5.96 Å². The van der Waals surface area contributed by atoms with Crippen LogP contribution in [0, 0.1) is 0 Å². The highest BCUT2D eigenvalue weighted by Gasteiger charge is 2.14. The standard InChI is InChI=1S/C20H27ClN4O3S/c1-15(18-9-4-5-10-19(18)21)25-20(22-2)23-14-16-7-6-8-17(13-16)29(26,27)24-11-12-28-3/h4-10,13,15,24H,11-12,14H2,1-3H3,(H2,22,23,25). The van der Waals surface area contributed by atoms with Gasteiger partial charge in [-0.15, -0.1) is 0 Å². The fraction of sp³-hybridized carbons (Fsp3) is 0.350. The van der Waals surface area contributed by atoms with E-state index in [-0.39, 0.29) is 17.5 Å². The van der Waals surface area contributed by atoms with Crippen LogP contribution in [0.25, 0.3) is 0 Å². The third kappa shape index (κ3) is 7.01. The van der Waals surface area contributed by atoms with E-state index in [9.17, 15) is 8.42 Å². The number of benzene rings is 2. The molecule has 0 bridgehead atoms. The third-order valence-electron chi connectivity index (χ3n) is 4.22. The molecule has 0 fully saturated rings. The Bertz CT molecular complexity index is 935. The Morgan fingerprint density at radius 3 is 2.66 bits per heavy atom. The molecule has 9 heteroatoms. The lowest BCUT2D eigenvalue weighted by Gasteiger charge is -2.19. The fourth-order valence-corrected chi connectivity index (χ4v) is 4.06. The van der Waals surface area contributed by atoms with E-state index in [1.807, 2.05) is 37.3 Å². The van der Waals surface area contributed by atoms with Crippen molar-refractivity contribution in [3.05, 3.63) is 64.7 Å². The summed E-state index contributed by atoms with van der Waals surface area (Å²) in [6.45, 7) is 2.94. The zero-order chi connectivity index (χ0) is 21.3. The smallest absolute Gasteiger partial charge is 0.240 e. The van der Waals surface area contributed by atoms with E-state index in [2.05, 4.69) is 20.3 Å². The number of hydrogen-bond donors (Lipinski definition) is 3. The summed E-state index contributed by atoms with van der Waals surface area (Å²) in [5, 5.41) is 7.16. The maximum Gasteiger partial charge on any atom is 0.240 e. The Hall–Kier alpha value is -2.13. The van der Waals surface area contributed by atoms with Crippen LogP contribution in [0.2, 0.25) is 5.02 Å². The summed E-state index contributed by atoms with van der Waals surface area (Å²) in [7, 11) is -0.379. The number of ether oxygens (including phenoxy) is 1. The molecule has 0 aliphatic carbocycles. The molecule has 1 unspecified atom stereocenters. The van der Waals surface area contributed by atoms with Crippen LogP contribution in [0.5, 0.6) is 0 Å². The lowest BCUT2D eigenvalue weighted by molar-refractivity contribution is 0.204. The summed E-state index contributed by atoms with van der Waals surface area (Å²) in [6, 6.07) is 14.3. The number of hydrogen-bond acceptors (Lipinski definition) is 4. The normalized spacial score (nSPS) is 13.2. The highest BCUT2D eigenvalue weighted by molar-refractivity contribution is 7.89. The van der Waals surface area contributed by atoms with E-state index in [1.165, 1.54) is 7.11 Å². The minimum absolute atomic E-state index is 0.0494. The van der Waals surface area contributed by atoms with Gasteiger partial charge in [-0.05, 0) is 36.2 Å². The Labute approximate surface area is 177 Å². The molecule has 0 radical (unpaired) electrons. The maximum absolute atomic E-state index is 12.4. The first-order valence-corrected chi connectivity index (χ1v) is 11.0. The van der Waals surface area contributed by atoms with Crippen LogP contribution < -0.4 is 15.4 Å². The van der Waals surface area contributed by atoms with Gasteiger partial charge >= 0.3 is 0 Å². The molecule has 29 heavy (non-hydrogen) atoms. The van der Waals surface area contributed by atoms with Crippen molar-refractivity contribution in [2.24, 2.45) is 4.99 Å². The van der Waals surface area contributed by atoms with Crippen molar-refractivity contribution in [3.8, 4) is 0 Å². The van der Waals surface area contributed by atoms with E-state index in [0.717, 1.165) is 11.1 Å². The van der Waals surface area contributed by atoms with Crippen molar-refractivity contribution in [1.29, 1.82) is 0 Å². The van der Waals surface area contributed by atoms with Crippen molar-refractivity contribution in [1.82, 2.24) is 15.4 Å². The van der Waals surface area contributed by atoms with Gasteiger partial charge in [-0.25, -0.2) is 13.1 Å². The molecule has 2 aromatic carbocycles. The zero-order valence-corrected chi connectivity index (χ0v) is 18.3. The quantitative estimate of drug-likeness (QED) is 0.318. The Morgan fingerprint density at radius 1 is 1.21 bits per heavy atom. The van der Waals surface area contributed by atoms with Crippen LogP contribution >= 0.6 is 11.6 Å². The van der Waals surface area contributed by atoms with Crippen LogP contribution in [-0.4, -0.2) is 41.7 Å². The molecular weight excluding hydrogens is 412 g/mol. The SMILES string of the molecule is CN=C(NCc1cccc(S(=O)(=O)NCCOC)c1)NC(C)c1ccccc1Cl. The van der Waals surface area contributed by atoms with E-state index in [4.69, 9.17) is 16.3 Å². The molecule has 7 nitrogen and oxygen atoms in total. The molecule has 0 heterocycles. The molecule has 0 aromatic heterocycles. The van der Waals surface area contributed by atoms with Gasteiger partial charge in [0, 0.05) is 32.3 Å². The predicted octanol–water partition coefficient (Wildman–Crippen LogP) is 2.69. The average molecular weight is 439 g/mol.